The number of benzene rings is 1. The molecule has 0 radical (unpaired) electrons. The van der Waals surface area contributed by atoms with Gasteiger partial charge in [-0.15, -0.1) is 0 Å². The van der Waals surface area contributed by atoms with E-state index in [0.29, 0.717) is 0 Å². The standard InChI is InChI=1S/C27H28F4N8O5/c1-36-10-4-5-16(36)14-44-25-34-20-19(22(35-25)37-11-12-38(26(41)42)15(13-37)8-9-32)33-24(27(29,30)31)39(23(20)40)21-17(28)6-3-7-18(21)43-2/h3,6-7,15-16H,4-5,8,10-14H2,1-2H3,(H,41,42). The molecular weight excluding hydrogens is 592 g/mol. The van der Waals surface area contributed by atoms with Crippen LogP contribution in [0.2, 0.25) is 0 Å². The molecule has 2 aliphatic heterocycles. The lowest BCUT2D eigenvalue weighted by molar-refractivity contribution is -0.146. The number of nitrogens with zero attached hydrogens (tertiary/aromatic N) is 8. The van der Waals surface area contributed by atoms with Gasteiger partial charge in [-0.2, -0.15) is 28.4 Å². The quantitative estimate of drug-likeness (QED) is 0.389. The van der Waals surface area contributed by atoms with Crippen molar-refractivity contribution >= 4 is 22.9 Å². The van der Waals surface area contributed by atoms with Crippen LogP contribution in [-0.4, -0.2) is 99.5 Å². The van der Waals surface area contributed by atoms with Crippen LogP contribution < -0.4 is 19.9 Å². The Labute approximate surface area is 247 Å². The summed E-state index contributed by atoms with van der Waals surface area (Å²) in [6.45, 7) is 0.675. The molecule has 13 nitrogen and oxygen atoms in total. The van der Waals surface area contributed by atoms with Crippen LogP contribution in [0.3, 0.4) is 0 Å². The van der Waals surface area contributed by atoms with Crippen LogP contribution >= 0.6 is 0 Å². The number of likely N-dealkylation sites (N-methyl/N-ethyl adjacent to an activating group) is 1. The number of para-hydroxylation sites is 1. The van der Waals surface area contributed by atoms with Crippen molar-refractivity contribution in [3.63, 3.8) is 0 Å². The highest BCUT2D eigenvalue weighted by Crippen LogP contribution is 2.35. The van der Waals surface area contributed by atoms with Crippen LogP contribution in [0.15, 0.2) is 23.0 Å². The molecule has 2 unspecified atom stereocenters. The molecule has 1 N–H and O–H groups in total. The van der Waals surface area contributed by atoms with Gasteiger partial charge >= 0.3 is 18.3 Å². The maximum atomic E-state index is 15.1. The number of hydrogen-bond acceptors (Lipinski definition) is 10. The van der Waals surface area contributed by atoms with Gasteiger partial charge in [-0.1, -0.05) is 6.07 Å². The number of amides is 1. The Morgan fingerprint density at radius 1 is 1.16 bits per heavy atom. The SMILES string of the molecule is COc1cccc(F)c1-n1c(C(F)(F)F)nc2c(N3CCN(C(=O)O)C(CC#N)C3)nc(OCC3CCCN3C)nc2c1=O. The fourth-order valence-corrected chi connectivity index (χ4v) is 5.53. The number of fused-ring (bicyclic) bond motifs is 1. The van der Waals surface area contributed by atoms with E-state index in [0.717, 1.165) is 37.5 Å². The van der Waals surface area contributed by atoms with Crippen LogP contribution in [0.4, 0.5) is 28.2 Å². The van der Waals surface area contributed by atoms with E-state index in [1.165, 1.54) is 17.0 Å². The number of likely N-dealkylation sites (tertiary alicyclic amines) is 1. The first kappa shape index (κ1) is 30.7. The highest BCUT2D eigenvalue weighted by Gasteiger charge is 2.41. The predicted octanol–water partition coefficient (Wildman–Crippen LogP) is 2.90. The second-order valence-electron chi connectivity index (χ2n) is 10.4. The Kier molecular flexibility index (Phi) is 8.46. The molecule has 2 saturated heterocycles. The van der Waals surface area contributed by atoms with Gasteiger partial charge in [0.1, 0.15) is 23.6 Å². The summed E-state index contributed by atoms with van der Waals surface area (Å²) in [6.07, 6.45) is -4.96. The molecule has 5 rings (SSSR count). The van der Waals surface area contributed by atoms with Gasteiger partial charge in [-0.25, -0.2) is 18.7 Å². The fourth-order valence-electron chi connectivity index (χ4n) is 5.53. The number of nitriles is 1. The van der Waals surface area contributed by atoms with Crippen molar-refractivity contribution in [2.45, 2.75) is 37.5 Å². The number of anilines is 1. The Morgan fingerprint density at radius 3 is 2.57 bits per heavy atom. The minimum absolute atomic E-state index is 0.00179. The zero-order valence-electron chi connectivity index (χ0n) is 23.7. The topological polar surface area (TPSA) is 150 Å². The van der Waals surface area contributed by atoms with Gasteiger partial charge in [-0.3, -0.25) is 4.79 Å². The van der Waals surface area contributed by atoms with Crippen molar-refractivity contribution in [1.29, 1.82) is 5.26 Å². The first-order valence-corrected chi connectivity index (χ1v) is 13.6. The van der Waals surface area contributed by atoms with Crippen LogP contribution in [-0.2, 0) is 6.18 Å². The van der Waals surface area contributed by atoms with Gasteiger partial charge in [0.05, 0.1) is 25.6 Å². The summed E-state index contributed by atoms with van der Waals surface area (Å²) in [5, 5.41) is 18.9. The second-order valence-corrected chi connectivity index (χ2v) is 10.4. The third kappa shape index (κ3) is 5.76. The van der Waals surface area contributed by atoms with Crippen LogP contribution in [0.5, 0.6) is 11.8 Å². The fraction of sp³-hybridized carbons (Fsp3) is 0.481. The number of halogens is 4. The summed E-state index contributed by atoms with van der Waals surface area (Å²) in [6, 6.07) is 4.04. The lowest BCUT2D eigenvalue weighted by atomic mass is 10.1. The third-order valence-electron chi connectivity index (χ3n) is 7.76. The van der Waals surface area contributed by atoms with Gasteiger partial charge in [0.15, 0.2) is 17.2 Å². The van der Waals surface area contributed by atoms with E-state index in [2.05, 4.69) is 19.9 Å². The van der Waals surface area contributed by atoms with E-state index in [1.807, 2.05) is 13.1 Å². The van der Waals surface area contributed by atoms with E-state index < -0.39 is 52.2 Å². The van der Waals surface area contributed by atoms with Crippen molar-refractivity contribution in [3.05, 3.63) is 40.2 Å². The number of aromatic nitrogens is 4. The van der Waals surface area contributed by atoms with Gasteiger partial charge in [0.25, 0.3) is 5.56 Å². The summed E-state index contributed by atoms with van der Waals surface area (Å²) < 4.78 is 69.6. The average Bonchev–Trinajstić information content (AvgIpc) is 3.39. The van der Waals surface area contributed by atoms with Gasteiger partial charge < -0.3 is 29.3 Å². The molecule has 2 atom stereocenters. The summed E-state index contributed by atoms with van der Waals surface area (Å²) in [5.74, 6) is -3.48. The smallest absolute Gasteiger partial charge is 0.450 e. The van der Waals surface area contributed by atoms with E-state index >= 15 is 4.39 Å². The largest absolute Gasteiger partial charge is 0.494 e. The van der Waals surface area contributed by atoms with Gasteiger partial charge in [0, 0.05) is 25.7 Å². The summed E-state index contributed by atoms with van der Waals surface area (Å²) in [5.41, 5.74) is -3.28. The molecule has 3 aromatic rings. The van der Waals surface area contributed by atoms with E-state index in [1.54, 1.807) is 0 Å². The maximum Gasteiger partial charge on any atom is 0.450 e. The number of carbonyl (C=O) groups is 1. The zero-order valence-corrected chi connectivity index (χ0v) is 23.7. The molecule has 44 heavy (non-hydrogen) atoms. The van der Waals surface area contributed by atoms with Crippen molar-refractivity contribution < 1.29 is 36.9 Å². The van der Waals surface area contributed by atoms with Gasteiger partial charge in [0.2, 0.25) is 5.82 Å². The highest BCUT2D eigenvalue weighted by molar-refractivity contribution is 5.86. The molecule has 1 amide bonds. The minimum Gasteiger partial charge on any atom is -0.494 e. The molecule has 0 saturated carbocycles. The minimum atomic E-state index is -5.24. The number of hydrogen-bond donors (Lipinski definition) is 1. The molecule has 0 bridgehead atoms. The van der Waals surface area contributed by atoms with Crippen molar-refractivity contribution in [2.75, 3.05) is 51.8 Å². The van der Waals surface area contributed by atoms with Crippen molar-refractivity contribution in [2.24, 2.45) is 0 Å². The number of piperazine rings is 1. The molecular formula is C27H28F4N8O5. The zero-order chi connectivity index (χ0) is 31.8. The number of carboxylic acid groups (broad SMARTS) is 1. The Morgan fingerprint density at radius 2 is 1.93 bits per heavy atom. The molecule has 2 aromatic heterocycles. The Hall–Kier alpha value is -4.72. The number of rotatable bonds is 7. The number of ether oxygens (including phenoxy) is 2. The number of alkyl halides is 3. The molecule has 234 valence electrons. The number of methoxy groups -OCH3 is 1. The lowest BCUT2D eigenvalue weighted by Crippen LogP contribution is -2.55. The van der Waals surface area contributed by atoms with E-state index in [4.69, 9.17) is 9.47 Å². The average molecular weight is 621 g/mol. The Bertz CT molecular complexity index is 1680. The Balaban J connectivity index is 1.74. The monoisotopic (exact) mass is 620 g/mol. The molecule has 17 heteroatoms. The summed E-state index contributed by atoms with van der Waals surface area (Å²) >= 11 is 0. The molecule has 1 aromatic carbocycles. The van der Waals surface area contributed by atoms with Crippen LogP contribution in [0.1, 0.15) is 25.1 Å². The molecule has 2 aliphatic rings. The van der Waals surface area contributed by atoms with Crippen molar-refractivity contribution in [3.8, 4) is 23.5 Å². The summed E-state index contributed by atoms with van der Waals surface area (Å²) in [7, 11) is 3.03. The maximum absolute atomic E-state index is 15.1. The van der Waals surface area contributed by atoms with Crippen molar-refractivity contribution in [1.82, 2.24) is 29.3 Å². The predicted molar refractivity (Wildman–Crippen MR) is 147 cm³/mol. The van der Waals surface area contributed by atoms with Crippen LogP contribution in [0.25, 0.3) is 16.7 Å². The van der Waals surface area contributed by atoms with E-state index in [-0.39, 0.29) is 60.8 Å². The van der Waals surface area contributed by atoms with Gasteiger partial charge in [-0.05, 0) is 38.6 Å². The molecule has 0 aliphatic carbocycles. The first-order chi connectivity index (χ1) is 20.9. The third-order valence-corrected chi connectivity index (χ3v) is 7.76. The normalized spacial score (nSPS) is 19.3. The first-order valence-electron chi connectivity index (χ1n) is 13.6. The molecule has 4 heterocycles. The molecule has 2 fully saturated rings. The highest BCUT2D eigenvalue weighted by atomic mass is 19.4. The second kappa shape index (κ2) is 12.1. The summed E-state index contributed by atoms with van der Waals surface area (Å²) in [4.78, 5) is 42.5. The molecule has 0 spiro atoms. The van der Waals surface area contributed by atoms with Crippen LogP contribution in [0, 0.1) is 17.1 Å². The van der Waals surface area contributed by atoms with E-state index in [9.17, 15) is 33.1 Å². The lowest BCUT2D eigenvalue weighted by Gasteiger charge is -2.39.